The van der Waals surface area contributed by atoms with Crippen LogP contribution in [-0.2, 0) is 12.7 Å². The van der Waals surface area contributed by atoms with E-state index in [0.29, 0.717) is 30.4 Å². The number of aromatic nitrogens is 2. The van der Waals surface area contributed by atoms with Crippen molar-refractivity contribution in [3.8, 4) is 0 Å². The number of carbonyl (C=O) groups is 1. The summed E-state index contributed by atoms with van der Waals surface area (Å²) in [5, 5.41) is 2.91. The molecule has 5 rings (SSSR count). The normalized spacial score (nSPS) is 23.3. The van der Waals surface area contributed by atoms with Crippen LogP contribution in [-0.4, -0.2) is 51.4 Å². The highest BCUT2D eigenvalue weighted by Crippen LogP contribution is 2.33. The molecule has 8 nitrogen and oxygen atoms in total. The number of nitrogens with zero attached hydrogens (tertiary/aromatic N) is 6. The van der Waals surface area contributed by atoms with Crippen LogP contribution < -0.4 is 10.2 Å². The molecule has 3 aliphatic rings. The maximum atomic E-state index is 12.8. The summed E-state index contributed by atoms with van der Waals surface area (Å²) >= 11 is 0. The van der Waals surface area contributed by atoms with Crippen LogP contribution in [0.4, 0.5) is 23.7 Å². The number of hydrogen-bond acceptors (Lipinski definition) is 6. The minimum absolute atomic E-state index is 0.0424. The zero-order valence-corrected chi connectivity index (χ0v) is 17.8. The van der Waals surface area contributed by atoms with Crippen LogP contribution in [0.1, 0.15) is 18.3 Å². The van der Waals surface area contributed by atoms with E-state index in [1.807, 2.05) is 0 Å². The van der Waals surface area contributed by atoms with Gasteiger partial charge in [-0.3, -0.25) is 15.1 Å². The van der Waals surface area contributed by atoms with Crippen LogP contribution in [0.15, 0.2) is 59.7 Å². The molecule has 2 unspecified atom stereocenters. The van der Waals surface area contributed by atoms with Gasteiger partial charge in [0.15, 0.2) is 5.82 Å². The van der Waals surface area contributed by atoms with Crippen molar-refractivity contribution in [2.75, 3.05) is 24.7 Å². The van der Waals surface area contributed by atoms with E-state index in [2.05, 4.69) is 27.1 Å². The number of carbonyl (C=O) groups excluding carboxylic acids is 1. The number of nitrogens with one attached hydrogen (secondary N) is 1. The van der Waals surface area contributed by atoms with Crippen molar-refractivity contribution >= 4 is 17.6 Å². The third-order valence-electron chi connectivity index (χ3n) is 6.11. The van der Waals surface area contributed by atoms with E-state index in [1.165, 1.54) is 17.0 Å². The van der Waals surface area contributed by atoms with Gasteiger partial charge in [0.05, 0.1) is 12.1 Å². The van der Waals surface area contributed by atoms with Crippen molar-refractivity contribution in [1.29, 1.82) is 0 Å². The van der Waals surface area contributed by atoms with Crippen molar-refractivity contribution < 1.29 is 18.0 Å². The van der Waals surface area contributed by atoms with Gasteiger partial charge < -0.3 is 4.90 Å². The average molecular weight is 457 g/mol. The minimum atomic E-state index is -4.39. The van der Waals surface area contributed by atoms with Gasteiger partial charge in [-0.1, -0.05) is 6.92 Å². The zero-order valence-electron chi connectivity index (χ0n) is 17.8. The first-order valence-electron chi connectivity index (χ1n) is 10.6. The SMILES string of the molecule is CC1CN(Cc2ncccn2)CC1C1=NC2=CN(c3ccc(C(F)(F)F)cc3)CN2C(=O)N1. The molecule has 1 aromatic carbocycles. The summed E-state index contributed by atoms with van der Waals surface area (Å²) < 4.78 is 38.5. The second-order valence-corrected chi connectivity index (χ2v) is 8.44. The summed E-state index contributed by atoms with van der Waals surface area (Å²) in [6.07, 6.45) is 0.732. The Labute approximate surface area is 188 Å². The molecule has 2 amide bonds. The quantitative estimate of drug-likeness (QED) is 0.763. The standard InChI is InChI=1S/C22H22F3N7O/c1-14-9-30(11-18-26-7-2-8-27-18)10-17(14)20-28-19-12-31(13-32(19)21(33)29-20)16-5-3-15(4-6-16)22(23,24)25/h2-8,12,14,17H,9-11,13H2,1H3,(H,28,29,33). The van der Waals surface area contributed by atoms with Crippen LogP contribution >= 0.6 is 0 Å². The first kappa shape index (κ1) is 21.4. The van der Waals surface area contributed by atoms with Crippen molar-refractivity contribution in [2.45, 2.75) is 19.6 Å². The Bertz CT molecular complexity index is 1100. The molecule has 1 saturated heterocycles. The number of urea groups is 1. The van der Waals surface area contributed by atoms with Gasteiger partial charge in [-0.05, 0) is 36.2 Å². The predicted molar refractivity (Wildman–Crippen MR) is 115 cm³/mol. The molecule has 11 heteroatoms. The molecular weight excluding hydrogens is 435 g/mol. The second kappa shape index (κ2) is 8.14. The number of amidine groups is 1. The summed E-state index contributed by atoms with van der Waals surface area (Å²) in [6, 6.07) is 6.33. The van der Waals surface area contributed by atoms with Gasteiger partial charge in [0.1, 0.15) is 18.3 Å². The van der Waals surface area contributed by atoms with Gasteiger partial charge >= 0.3 is 12.2 Å². The maximum absolute atomic E-state index is 12.8. The van der Waals surface area contributed by atoms with Crippen LogP contribution in [0.25, 0.3) is 0 Å². The number of amides is 2. The number of anilines is 1. The fourth-order valence-corrected chi connectivity index (χ4v) is 4.40. The van der Waals surface area contributed by atoms with E-state index in [-0.39, 0.29) is 24.5 Å². The molecule has 4 heterocycles. The van der Waals surface area contributed by atoms with Gasteiger partial charge in [-0.15, -0.1) is 0 Å². The van der Waals surface area contributed by atoms with Crippen molar-refractivity contribution in [3.63, 3.8) is 0 Å². The van der Waals surface area contributed by atoms with Gasteiger partial charge in [0.2, 0.25) is 0 Å². The highest BCUT2D eigenvalue weighted by atomic mass is 19.4. The highest BCUT2D eigenvalue weighted by molar-refractivity contribution is 6.02. The molecule has 0 aliphatic carbocycles. The topological polar surface area (TPSA) is 77.0 Å². The number of hydrogen-bond donors (Lipinski definition) is 1. The summed E-state index contributed by atoms with van der Waals surface area (Å²) in [4.78, 5) is 31.4. The first-order valence-corrected chi connectivity index (χ1v) is 10.6. The van der Waals surface area contributed by atoms with Crippen molar-refractivity contribution in [2.24, 2.45) is 16.8 Å². The predicted octanol–water partition coefficient (Wildman–Crippen LogP) is 3.26. The number of likely N-dealkylation sites (tertiary alicyclic amines) is 1. The van der Waals surface area contributed by atoms with Gasteiger partial charge in [0, 0.05) is 43.3 Å². The van der Waals surface area contributed by atoms with Gasteiger partial charge in [-0.25, -0.2) is 19.8 Å². The fourth-order valence-electron chi connectivity index (χ4n) is 4.40. The summed E-state index contributed by atoms with van der Waals surface area (Å²) in [6.45, 7) is 4.47. The Kier molecular flexibility index (Phi) is 5.28. The minimum Gasteiger partial charge on any atom is -0.326 e. The van der Waals surface area contributed by atoms with E-state index < -0.39 is 11.7 Å². The molecule has 0 saturated carbocycles. The smallest absolute Gasteiger partial charge is 0.326 e. The molecule has 0 spiro atoms. The zero-order chi connectivity index (χ0) is 23.2. The third-order valence-corrected chi connectivity index (χ3v) is 6.11. The lowest BCUT2D eigenvalue weighted by Crippen LogP contribution is -2.49. The Morgan fingerprint density at radius 1 is 1.12 bits per heavy atom. The molecule has 1 aromatic heterocycles. The Morgan fingerprint density at radius 2 is 1.85 bits per heavy atom. The van der Waals surface area contributed by atoms with E-state index in [9.17, 15) is 18.0 Å². The summed E-state index contributed by atoms with van der Waals surface area (Å²) in [5.74, 6) is 2.15. The van der Waals surface area contributed by atoms with Crippen molar-refractivity contribution in [1.82, 2.24) is 25.1 Å². The largest absolute Gasteiger partial charge is 0.416 e. The Hall–Kier alpha value is -3.47. The average Bonchev–Trinajstić information content (AvgIpc) is 3.37. The molecule has 172 valence electrons. The van der Waals surface area contributed by atoms with Crippen LogP contribution in [0.2, 0.25) is 0 Å². The number of fused-ring (bicyclic) bond motifs is 1. The molecule has 2 atom stereocenters. The van der Waals surface area contributed by atoms with Crippen LogP contribution in [0.5, 0.6) is 0 Å². The van der Waals surface area contributed by atoms with Crippen LogP contribution in [0, 0.1) is 11.8 Å². The lowest BCUT2D eigenvalue weighted by Gasteiger charge is -2.28. The summed E-state index contributed by atoms with van der Waals surface area (Å²) in [5.41, 5.74) is -0.160. The van der Waals surface area contributed by atoms with Gasteiger partial charge in [-0.2, -0.15) is 13.2 Å². The third kappa shape index (κ3) is 4.28. The Morgan fingerprint density at radius 3 is 2.55 bits per heavy atom. The second-order valence-electron chi connectivity index (χ2n) is 8.44. The highest BCUT2D eigenvalue weighted by Gasteiger charge is 2.39. The fraction of sp³-hybridized carbons (Fsp3) is 0.364. The molecule has 2 aromatic rings. The summed E-state index contributed by atoms with van der Waals surface area (Å²) in [7, 11) is 0. The van der Waals surface area contributed by atoms with E-state index >= 15 is 0 Å². The number of rotatable bonds is 4. The number of benzene rings is 1. The van der Waals surface area contributed by atoms with Gasteiger partial charge in [0.25, 0.3) is 0 Å². The number of halogens is 3. The molecule has 33 heavy (non-hydrogen) atoms. The maximum Gasteiger partial charge on any atom is 0.416 e. The van der Waals surface area contributed by atoms with E-state index in [1.54, 1.807) is 29.6 Å². The Balaban J connectivity index is 1.32. The molecule has 1 fully saturated rings. The first-order chi connectivity index (χ1) is 15.8. The molecule has 0 bridgehead atoms. The lowest BCUT2D eigenvalue weighted by molar-refractivity contribution is -0.137. The molecule has 3 aliphatic heterocycles. The van der Waals surface area contributed by atoms with E-state index in [4.69, 9.17) is 4.99 Å². The lowest BCUT2D eigenvalue weighted by atomic mass is 9.96. The number of alkyl halides is 3. The van der Waals surface area contributed by atoms with Crippen molar-refractivity contribution in [3.05, 3.63) is 66.1 Å². The molecular formula is C22H22F3N7O. The number of aliphatic imine (C=N–C) groups is 1. The van der Waals surface area contributed by atoms with E-state index in [0.717, 1.165) is 24.5 Å². The molecule has 1 N–H and O–H groups in total. The molecule has 0 radical (unpaired) electrons. The van der Waals surface area contributed by atoms with Crippen LogP contribution in [0.3, 0.4) is 0 Å². The monoisotopic (exact) mass is 457 g/mol.